The Kier molecular flexibility index (Phi) is 8.57. The monoisotopic (exact) mass is 287 g/mol. The largest absolute Gasteiger partial charge is 0.450 e. The molecule has 1 aliphatic rings. The molecule has 6 nitrogen and oxygen atoms in total. The fourth-order valence-electron chi connectivity index (χ4n) is 2.56. The second kappa shape index (κ2) is 9.96. The normalized spacial score (nSPS) is 18.1. The van der Waals surface area contributed by atoms with Gasteiger partial charge in [0.15, 0.2) is 0 Å². The molecule has 0 aromatic carbocycles. The molecule has 0 saturated carbocycles. The molecule has 1 unspecified atom stereocenters. The summed E-state index contributed by atoms with van der Waals surface area (Å²) in [6.45, 7) is 5.20. The predicted molar refractivity (Wildman–Crippen MR) is 78.7 cm³/mol. The van der Waals surface area contributed by atoms with Crippen molar-refractivity contribution in [1.82, 2.24) is 10.2 Å². The third kappa shape index (κ3) is 6.07. The minimum absolute atomic E-state index is 0.192. The first-order valence-electron chi connectivity index (χ1n) is 7.58. The van der Waals surface area contributed by atoms with Crippen LogP contribution in [0.3, 0.4) is 0 Å². The van der Waals surface area contributed by atoms with Gasteiger partial charge < -0.3 is 25.4 Å². The molecule has 0 aromatic heterocycles. The maximum Gasteiger partial charge on any atom is 0.409 e. The molecule has 1 amide bonds. The van der Waals surface area contributed by atoms with Crippen molar-refractivity contribution in [1.29, 1.82) is 0 Å². The Morgan fingerprint density at radius 1 is 1.45 bits per heavy atom. The summed E-state index contributed by atoms with van der Waals surface area (Å²) in [7, 11) is 1.72. The Balaban J connectivity index is 2.30. The van der Waals surface area contributed by atoms with Gasteiger partial charge in [0.2, 0.25) is 0 Å². The van der Waals surface area contributed by atoms with Gasteiger partial charge in [0.25, 0.3) is 0 Å². The maximum atomic E-state index is 11.6. The second-order valence-corrected chi connectivity index (χ2v) is 5.21. The van der Waals surface area contributed by atoms with Crippen molar-refractivity contribution >= 4 is 6.09 Å². The zero-order valence-corrected chi connectivity index (χ0v) is 12.8. The Morgan fingerprint density at radius 3 is 2.70 bits per heavy atom. The zero-order chi connectivity index (χ0) is 14.8. The van der Waals surface area contributed by atoms with Crippen molar-refractivity contribution in [2.45, 2.75) is 44.7 Å². The van der Waals surface area contributed by atoms with E-state index in [0.29, 0.717) is 31.8 Å². The number of carbonyl (C=O) groups is 1. The predicted octanol–water partition coefficient (Wildman–Crippen LogP) is 0.951. The van der Waals surface area contributed by atoms with Gasteiger partial charge in [-0.3, -0.25) is 0 Å². The first-order chi connectivity index (χ1) is 9.71. The highest BCUT2D eigenvalue weighted by atomic mass is 16.6. The van der Waals surface area contributed by atoms with E-state index in [2.05, 4.69) is 5.32 Å². The van der Waals surface area contributed by atoms with E-state index in [-0.39, 0.29) is 6.09 Å². The van der Waals surface area contributed by atoms with Crippen LogP contribution in [0.15, 0.2) is 0 Å². The molecule has 1 rings (SSSR count). The summed E-state index contributed by atoms with van der Waals surface area (Å²) < 4.78 is 10.3. The number of rotatable bonds is 8. The highest BCUT2D eigenvalue weighted by Crippen LogP contribution is 2.13. The number of hydrogen-bond donors (Lipinski definition) is 2. The molecule has 1 aliphatic heterocycles. The average Bonchev–Trinajstić information content (AvgIpc) is 2.46. The first kappa shape index (κ1) is 17.2. The van der Waals surface area contributed by atoms with Crippen molar-refractivity contribution in [3.8, 4) is 0 Å². The van der Waals surface area contributed by atoms with Gasteiger partial charge in [-0.05, 0) is 39.2 Å². The molecule has 1 fully saturated rings. The second-order valence-electron chi connectivity index (χ2n) is 5.21. The van der Waals surface area contributed by atoms with Gasteiger partial charge >= 0.3 is 6.09 Å². The molecule has 1 saturated heterocycles. The lowest BCUT2D eigenvalue weighted by molar-refractivity contribution is 0.0909. The van der Waals surface area contributed by atoms with Crippen LogP contribution in [-0.4, -0.2) is 63.0 Å². The van der Waals surface area contributed by atoms with Crippen LogP contribution in [0.5, 0.6) is 0 Å². The summed E-state index contributed by atoms with van der Waals surface area (Å²) in [5.74, 6) is 0. The van der Waals surface area contributed by atoms with Crippen molar-refractivity contribution < 1.29 is 14.3 Å². The molecule has 3 N–H and O–H groups in total. The van der Waals surface area contributed by atoms with E-state index in [9.17, 15) is 4.79 Å². The van der Waals surface area contributed by atoms with Crippen LogP contribution >= 0.6 is 0 Å². The van der Waals surface area contributed by atoms with Crippen molar-refractivity contribution in [3.63, 3.8) is 0 Å². The molecule has 0 spiro atoms. The van der Waals surface area contributed by atoms with Crippen LogP contribution in [0.4, 0.5) is 4.79 Å². The molecule has 6 heteroatoms. The summed E-state index contributed by atoms with van der Waals surface area (Å²) in [5, 5.41) is 3.62. The van der Waals surface area contributed by atoms with Crippen molar-refractivity contribution in [2.75, 3.05) is 40.0 Å². The van der Waals surface area contributed by atoms with Crippen LogP contribution in [0.25, 0.3) is 0 Å². The number of likely N-dealkylation sites (tertiary alicyclic amines) is 1. The molecular weight excluding hydrogens is 258 g/mol. The van der Waals surface area contributed by atoms with Crippen LogP contribution in [0.1, 0.15) is 32.6 Å². The molecule has 1 heterocycles. The summed E-state index contributed by atoms with van der Waals surface area (Å²) in [5.41, 5.74) is 5.56. The number of ether oxygens (including phenoxy) is 2. The summed E-state index contributed by atoms with van der Waals surface area (Å²) >= 11 is 0. The maximum absolute atomic E-state index is 11.6. The SMILES string of the molecule is CCOC(=O)N1CCC(NC(CCCN)COC)CC1. The topological polar surface area (TPSA) is 76.8 Å². The summed E-state index contributed by atoms with van der Waals surface area (Å²) in [6, 6.07) is 0.793. The first-order valence-corrected chi connectivity index (χ1v) is 7.58. The minimum atomic E-state index is -0.192. The number of hydrogen-bond acceptors (Lipinski definition) is 5. The van der Waals surface area contributed by atoms with Gasteiger partial charge in [0.05, 0.1) is 13.2 Å². The van der Waals surface area contributed by atoms with E-state index in [0.717, 1.165) is 38.8 Å². The number of nitrogens with two attached hydrogens (primary N) is 1. The van der Waals surface area contributed by atoms with E-state index in [1.165, 1.54) is 0 Å². The van der Waals surface area contributed by atoms with Gasteiger partial charge in [-0.25, -0.2) is 4.79 Å². The average molecular weight is 287 g/mol. The fourth-order valence-corrected chi connectivity index (χ4v) is 2.56. The quantitative estimate of drug-likeness (QED) is 0.695. The Morgan fingerprint density at radius 2 is 2.15 bits per heavy atom. The van der Waals surface area contributed by atoms with Crippen LogP contribution in [0.2, 0.25) is 0 Å². The number of amides is 1. The Hall–Kier alpha value is -0.850. The molecule has 20 heavy (non-hydrogen) atoms. The van der Waals surface area contributed by atoms with E-state index in [1.54, 1.807) is 12.0 Å². The zero-order valence-electron chi connectivity index (χ0n) is 12.8. The minimum Gasteiger partial charge on any atom is -0.450 e. The van der Waals surface area contributed by atoms with Crippen LogP contribution < -0.4 is 11.1 Å². The van der Waals surface area contributed by atoms with Gasteiger partial charge in [0, 0.05) is 32.3 Å². The number of methoxy groups -OCH3 is 1. The molecule has 0 radical (unpaired) electrons. The van der Waals surface area contributed by atoms with Crippen molar-refractivity contribution in [2.24, 2.45) is 5.73 Å². The standard InChI is InChI=1S/C14H29N3O3/c1-3-20-14(18)17-9-6-12(7-10-17)16-13(11-19-2)5-4-8-15/h12-13,16H,3-11,15H2,1-2H3. The van der Waals surface area contributed by atoms with E-state index in [4.69, 9.17) is 15.2 Å². The third-order valence-electron chi connectivity index (χ3n) is 3.62. The van der Waals surface area contributed by atoms with Gasteiger partial charge in [-0.1, -0.05) is 0 Å². The smallest absolute Gasteiger partial charge is 0.409 e. The van der Waals surface area contributed by atoms with Crippen LogP contribution in [0, 0.1) is 0 Å². The van der Waals surface area contributed by atoms with E-state index in [1.807, 2.05) is 6.92 Å². The van der Waals surface area contributed by atoms with E-state index < -0.39 is 0 Å². The highest BCUT2D eigenvalue weighted by Gasteiger charge is 2.24. The lowest BCUT2D eigenvalue weighted by Crippen LogP contribution is -2.49. The number of nitrogens with zero attached hydrogens (tertiary/aromatic N) is 1. The highest BCUT2D eigenvalue weighted by molar-refractivity contribution is 5.67. The van der Waals surface area contributed by atoms with Gasteiger partial charge in [-0.15, -0.1) is 0 Å². The van der Waals surface area contributed by atoms with Gasteiger partial charge in [-0.2, -0.15) is 0 Å². The third-order valence-corrected chi connectivity index (χ3v) is 3.62. The molecular formula is C14H29N3O3. The lowest BCUT2D eigenvalue weighted by atomic mass is 10.0. The number of carbonyl (C=O) groups excluding carboxylic acids is 1. The Bertz CT molecular complexity index is 268. The molecule has 1 atom stereocenters. The van der Waals surface area contributed by atoms with E-state index >= 15 is 0 Å². The number of nitrogens with one attached hydrogen (secondary N) is 1. The van der Waals surface area contributed by atoms with Crippen molar-refractivity contribution in [3.05, 3.63) is 0 Å². The lowest BCUT2D eigenvalue weighted by Gasteiger charge is -2.34. The molecule has 118 valence electrons. The number of piperidine rings is 1. The summed E-state index contributed by atoms with van der Waals surface area (Å²) in [4.78, 5) is 13.4. The molecule has 0 aromatic rings. The Labute approximate surface area is 122 Å². The molecule has 0 bridgehead atoms. The summed E-state index contributed by atoms with van der Waals surface area (Å²) in [6.07, 6.45) is 3.76. The van der Waals surface area contributed by atoms with Gasteiger partial charge in [0.1, 0.15) is 0 Å². The van der Waals surface area contributed by atoms with Crippen LogP contribution in [-0.2, 0) is 9.47 Å². The fraction of sp³-hybridized carbons (Fsp3) is 0.929. The molecule has 0 aliphatic carbocycles.